The van der Waals surface area contributed by atoms with E-state index < -0.39 is 15.6 Å². The zero-order chi connectivity index (χ0) is 26.3. The van der Waals surface area contributed by atoms with Crippen molar-refractivity contribution in [3.05, 3.63) is 18.2 Å². The molecule has 0 aromatic heterocycles. The van der Waals surface area contributed by atoms with E-state index in [4.69, 9.17) is 30.1 Å². The average Bonchev–Trinajstić information content (AvgIpc) is 2.79. The van der Waals surface area contributed by atoms with Crippen LogP contribution in [0.2, 0.25) is 0 Å². The van der Waals surface area contributed by atoms with Gasteiger partial charge >= 0.3 is 5.97 Å². The summed E-state index contributed by atoms with van der Waals surface area (Å²) in [6, 6.07) is 4.57. The zero-order valence-corrected chi connectivity index (χ0v) is 22.1. The van der Waals surface area contributed by atoms with Gasteiger partial charge in [0.05, 0.1) is 70.3 Å². The van der Waals surface area contributed by atoms with E-state index in [1.54, 1.807) is 6.07 Å². The molecule has 198 valence electrons. The number of terminal acetylenes is 1. The van der Waals surface area contributed by atoms with Gasteiger partial charge in [0, 0.05) is 19.7 Å². The van der Waals surface area contributed by atoms with Crippen LogP contribution in [0.3, 0.4) is 0 Å². The summed E-state index contributed by atoms with van der Waals surface area (Å²) >= 11 is 0. The maximum Gasteiger partial charge on any atom is 0.308 e. The van der Waals surface area contributed by atoms with Crippen molar-refractivity contribution in [2.75, 3.05) is 72.2 Å². The molecule has 1 rings (SSSR count). The minimum absolute atomic E-state index is 0.109. The van der Waals surface area contributed by atoms with E-state index in [1.807, 2.05) is 20.8 Å². The van der Waals surface area contributed by atoms with Crippen LogP contribution in [0.1, 0.15) is 27.2 Å². The monoisotopic (exact) mass is 514 g/mol. The van der Waals surface area contributed by atoms with Crippen molar-refractivity contribution >= 4 is 21.7 Å². The number of ether oxygens (including phenoxy) is 5. The second-order valence-electron chi connectivity index (χ2n) is 8.42. The van der Waals surface area contributed by atoms with Crippen molar-refractivity contribution in [1.82, 2.24) is 4.31 Å². The van der Waals surface area contributed by atoms with E-state index in [0.717, 1.165) is 0 Å². The highest BCUT2D eigenvalue weighted by molar-refractivity contribution is 7.89. The Labute approximate surface area is 209 Å². The topological polar surface area (TPSA) is 113 Å². The molecule has 11 heteroatoms. The van der Waals surface area contributed by atoms with Crippen LogP contribution in [0.5, 0.6) is 5.75 Å². The molecule has 0 spiro atoms. The normalized spacial score (nSPS) is 11.8. The first-order chi connectivity index (χ1) is 16.5. The number of nitrogens with zero attached hydrogens (tertiary/aromatic N) is 1. The molecule has 0 aliphatic heterocycles. The van der Waals surface area contributed by atoms with Crippen molar-refractivity contribution < 1.29 is 36.9 Å². The maximum absolute atomic E-state index is 12.8. The number of hydrogen-bond donors (Lipinski definition) is 1. The third-order valence-corrected chi connectivity index (χ3v) is 6.28. The number of nitrogens with one attached hydrogen (secondary N) is 1. The highest BCUT2D eigenvalue weighted by atomic mass is 32.2. The lowest BCUT2D eigenvalue weighted by atomic mass is 10.2. The van der Waals surface area contributed by atoms with Gasteiger partial charge in [-0.15, -0.1) is 6.42 Å². The summed E-state index contributed by atoms with van der Waals surface area (Å²) in [6.07, 6.45) is 5.44. The van der Waals surface area contributed by atoms with Gasteiger partial charge in [0.1, 0.15) is 11.4 Å². The SMILES string of the molecule is C#CCNc1ccc(S(=O)(=O)N(C)CCOCCOCCOCCC(=O)OC(C)(C)C)cc1OC. The fourth-order valence-corrected chi connectivity index (χ4v) is 3.88. The van der Waals surface area contributed by atoms with Gasteiger partial charge in [0.2, 0.25) is 10.0 Å². The fraction of sp³-hybridized carbons (Fsp3) is 0.625. The van der Waals surface area contributed by atoms with E-state index in [2.05, 4.69) is 11.2 Å². The number of esters is 1. The first-order valence-corrected chi connectivity index (χ1v) is 12.7. The van der Waals surface area contributed by atoms with Crippen molar-refractivity contribution in [1.29, 1.82) is 0 Å². The number of carbonyl (C=O) groups excluding carboxylic acids is 1. The van der Waals surface area contributed by atoms with Crippen LogP contribution in [-0.2, 0) is 33.8 Å². The molecule has 0 saturated carbocycles. The van der Waals surface area contributed by atoms with Gasteiger partial charge in [-0.05, 0) is 32.9 Å². The van der Waals surface area contributed by atoms with Crippen LogP contribution in [0, 0.1) is 12.3 Å². The molecule has 35 heavy (non-hydrogen) atoms. The van der Waals surface area contributed by atoms with E-state index >= 15 is 0 Å². The molecule has 0 atom stereocenters. The number of methoxy groups -OCH3 is 1. The molecular weight excluding hydrogens is 476 g/mol. The first kappa shape index (κ1) is 30.7. The Balaban J connectivity index is 2.24. The third-order valence-electron chi connectivity index (χ3n) is 4.43. The number of carbonyl (C=O) groups is 1. The van der Waals surface area contributed by atoms with Crippen LogP contribution in [0.25, 0.3) is 0 Å². The van der Waals surface area contributed by atoms with Crippen LogP contribution in [0.4, 0.5) is 5.69 Å². The van der Waals surface area contributed by atoms with Gasteiger partial charge in [0.25, 0.3) is 0 Å². The minimum atomic E-state index is -3.71. The summed E-state index contributed by atoms with van der Waals surface area (Å²) < 4.78 is 53.5. The average molecular weight is 515 g/mol. The summed E-state index contributed by atoms with van der Waals surface area (Å²) in [5.41, 5.74) is 0.113. The third kappa shape index (κ3) is 12.2. The number of sulfonamides is 1. The summed E-state index contributed by atoms with van der Waals surface area (Å²) in [7, 11) is -0.763. The molecule has 0 fully saturated rings. The Morgan fingerprint density at radius 1 is 1.06 bits per heavy atom. The van der Waals surface area contributed by atoms with E-state index in [9.17, 15) is 13.2 Å². The minimum Gasteiger partial charge on any atom is -0.495 e. The van der Waals surface area contributed by atoms with Crippen molar-refractivity contribution in [3.63, 3.8) is 0 Å². The van der Waals surface area contributed by atoms with E-state index in [-0.39, 0.29) is 37.0 Å². The highest BCUT2D eigenvalue weighted by Crippen LogP contribution is 2.28. The molecule has 0 aliphatic rings. The molecule has 1 aromatic rings. The van der Waals surface area contributed by atoms with Crippen LogP contribution >= 0.6 is 0 Å². The summed E-state index contributed by atoms with van der Waals surface area (Å²) in [4.78, 5) is 11.7. The molecule has 0 unspecified atom stereocenters. The van der Waals surface area contributed by atoms with E-state index in [1.165, 1.54) is 30.6 Å². The lowest BCUT2D eigenvalue weighted by Crippen LogP contribution is -2.30. The standard InChI is InChI=1S/C24H38N2O8S/c1-7-11-25-21-9-8-20(19-22(21)30-6)35(28,29)26(5)12-14-32-16-18-33-17-15-31-13-10-23(27)34-24(2,3)4/h1,8-9,19,25H,10-18H2,2-6H3. The van der Waals surface area contributed by atoms with Crippen molar-refractivity contribution in [2.45, 2.75) is 37.7 Å². The Morgan fingerprint density at radius 3 is 2.23 bits per heavy atom. The van der Waals surface area contributed by atoms with Crippen molar-refractivity contribution in [2.24, 2.45) is 0 Å². The van der Waals surface area contributed by atoms with Crippen LogP contribution < -0.4 is 10.1 Å². The van der Waals surface area contributed by atoms with Gasteiger partial charge in [-0.1, -0.05) is 5.92 Å². The Bertz CT molecular complexity index is 922. The largest absolute Gasteiger partial charge is 0.495 e. The smallest absolute Gasteiger partial charge is 0.308 e. The summed E-state index contributed by atoms with van der Waals surface area (Å²) in [5, 5.41) is 2.98. The second kappa shape index (κ2) is 15.6. The highest BCUT2D eigenvalue weighted by Gasteiger charge is 2.22. The summed E-state index contributed by atoms with van der Waals surface area (Å²) in [5.74, 6) is 2.54. The van der Waals surface area contributed by atoms with Crippen LogP contribution in [-0.4, -0.2) is 91.2 Å². The Morgan fingerprint density at radius 2 is 1.66 bits per heavy atom. The molecule has 0 saturated heterocycles. The van der Waals surface area contributed by atoms with Crippen LogP contribution in [0.15, 0.2) is 23.1 Å². The second-order valence-corrected chi connectivity index (χ2v) is 10.5. The van der Waals surface area contributed by atoms with E-state index in [0.29, 0.717) is 44.4 Å². The zero-order valence-electron chi connectivity index (χ0n) is 21.3. The lowest BCUT2D eigenvalue weighted by Gasteiger charge is -2.19. The predicted octanol–water partition coefficient (Wildman–Crippen LogP) is 2.14. The molecule has 1 N–H and O–H groups in total. The molecule has 0 bridgehead atoms. The number of likely N-dealkylation sites (N-methyl/N-ethyl adjacent to an activating group) is 1. The fourth-order valence-electron chi connectivity index (χ4n) is 2.71. The Hall–Kier alpha value is -2.36. The van der Waals surface area contributed by atoms with Gasteiger partial charge in [0.15, 0.2) is 0 Å². The van der Waals surface area contributed by atoms with Gasteiger partial charge in [-0.2, -0.15) is 4.31 Å². The molecular formula is C24H38N2O8S. The Kier molecular flexibility index (Phi) is 13.7. The van der Waals surface area contributed by atoms with Crippen molar-refractivity contribution in [3.8, 4) is 18.1 Å². The molecule has 0 radical (unpaired) electrons. The number of benzene rings is 1. The summed E-state index contributed by atoms with van der Waals surface area (Å²) in [6.45, 7) is 7.77. The maximum atomic E-state index is 12.8. The number of anilines is 1. The molecule has 10 nitrogen and oxygen atoms in total. The molecule has 1 aromatic carbocycles. The quantitative estimate of drug-likeness (QED) is 0.190. The molecule has 0 amide bonds. The predicted molar refractivity (Wildman–Crippen MR) is 133 cm³/mol. The number of hydrogen-bond acceptors (Lipinski definition) is 9. The molecule has 0 heterocycles. The van der Waals surface area contributed by atoms with Gasteiger partial charge in [-0.3, -0.25) is 4.79 Å². The number of rotatable bonds is 17. The van der Waals surface area contributed by atoms with Gasteiger partial charge in [-0.25, -0.2) is 8.42 Å². The molecule has 0 aliphatic carbocycles. The van der Waals surface area contributed by atoms with Gasteiger partial charge < -0.3 is 29.0 Å². The first-order valence-electron chi connectivity index (χ1n) is 11.3. The lowest BCUT2D eigenvalue weighted by molar-refractivity contribution is -0.156.